The highest BCUT2D eigenvalue weighted by molar-refractivity contribution is 8.00. The van der Waals surface area contributed by atoms with Gasteiger partial charge in [-0.15, -0.1) is 22.7 Å². The molecule has 0 unspecified atom stereocenters. The maximum atomic E-state index is 11.7. The fraction of sp³-hybridized carbons (Fsp3) is 0.100. The number of hydrogen-bond donors (Lipinski definition) is 1. The van der Waals surface area contributed by atoms with Gasteiger partial charge in [-0.25, -0.2) is 9.97 Å². The van der Waals surface area contributed by atoms with Crippen LogP contribution in [0.3, 0.4) is 0 Å². The fourth-order valence-corrected chi connectivity index (χ4v) is 3.63. The third kappa shape index (κ3) is 2.26. The van der Waals surface area contributed by atoms with Crippen molar-refractivity contribution in [1.82, 2.24) is 15.0 Å². The summed E-state index contributed by atoms with van der Waals surface area (Å²) in [7, 11) is 0. The van der Waals surface area contributed by atoms with Crippen LogP contribution in [0.25, 0.3) is 10.2 Å². The summed E-state index contributed by atoms with van der Waals surface area (Å²) in [6.07, 6.45) is 1.77. The Kier molecular flexibility index (Phi) is 2.96. The highest BCUT2D eigenvalue weighted by Gasteiger charge is 2.06. The molecular formula is C10H7N3OS3. The van der Waals surface area contributed by atoms with E-state index in [4.69, 9.17) is 0 Å². The molecule has 7 heteroatoms. The first kappa shape index (κ1) is 10.9. The molecular weight excluding hydrogens is 274 g/mol. The van der Waals surface area contributed by atoms with E-state index in [1.165, 1.54) is 11.3 Å². The van der Waals surface area contributed by atoms with Crippen LogP contribution < -0.4 is 5.56 Å². The van der Waals surface area contributed by atoms with Gasteiger partial charge >= 0.3 is 0 Å². The number of H-pyrrole nitrogens is 1. The first-order chi connectivity index (χ1) is 8.33. The van der Waals surface area contributed by atoms with Crippen molar-refractivity contribution in [3.63, 3.8) is 0 Å². The predicted octanol–water partition coefficient (Wildman–Crippen LogP) is 2.73. The van der Waals surface area contributed by atoms with Crippen molar-refractivity contribution in [2.24, 2.45) is 0 Å². The van der Waals surface area contributed by atoms with Crippen LogP contribution in [0.15, 0.2) is 32.2 Å². The van der Waals surface area contributed by atoms with Gasteiger partial charge in [0.25, 0.3) is 5.56 Å². The summed E-state index contributed by atoms with van der Waals surface area (Å²) in [6.45, 7) is 0. The molecule has 1 N–H and O–H groups in total. The number of thiazole rings is 1. The van der Waals surface area contributed by atoms with Gasteiger partial charge in [0.2, 0.25) is 0 Å². The second kappa shape index (κ2) is 4.59. The molecule has 0 spiro atoms. The molecule has 86 valence electrons. The second-order valence-electron chi connectivity index (χ2n) is 3.23. The van der Waals surface area contributed by atoms with Crippen LogP contribution in [-0.4, -0.2) is 15.0 Å². The Labute approximate surface area is 109 Å². The third-order valence-corrected chi connectivity index (χ3v) is 4.99. The minimum absolute atomic E-state index is 0.0558. The third-order valence-electron chi connectivity index (χ3n) is 2.11. The van der Waals surface area contributed by atoms with Gasteiger partial charge in [-0.2, -0.15) is 0 Å². The first-order valence-electron chi connectivity index (χ1n) is 4.81. The highest BCUT2D eigenvalue weighted by Crippen LogP contribution is 2.23. The van der Waals surface area contributed by atoms with Crippen molar-refractivity contribution < 1.29 is 0 Å². The minimum atomic E-state index is -0.0558. The number of fused-ring (bicyclic) bond motifs is 1. The average molecular weight is 281 g/mol. The van der Waals surface area contributed by atoms with Gasteiger partial charge in [0.1, 0.15) is 14.9 Å². The number of thioether (sulfide) groups is 1. The van der Waals surface area contributed by atoms with Crippen molar-refractivity contribution in [1.29, 1.82) is 0 Å². The normalized spacial score (nSPS) is 11.1. The van der Waals surface area contributed by atoms with Crippen molar-refractivity contribution >= 4 is 44.7 Å². The topological polar surface area (TPSA) is 58.6 Å². The van der Waals surface area contributed by atoms with Gasteiger partial charge in [0.05, 0.1) is 11.3 Å². The summed E-state index contributed by atoms with van der Waals surface area (Å²) in [5.41, 5.74) is 0.716. The highest BCUT2D eigenvalue weighted by atomic mass is 32.2. The standard InChI is InChI=1S/C10H7N3OS3/c14-9-8-6(1-3-15-8)12-7(13-9)5-17-10-11-2-4-16-10/h1-4H,5H2,(H,12,13,14). The molecule has 3 aromatic heterocycles. The number of hydrogen-bond acceptors (Lipinski definition) is 6. The Balaban J connectivity index is 1.88. The lowest BCUT2D eigenvalue weighted by Gasteiger charge is -1.98. The number of rotatable bonds is 3. The summed E-state index contributed by atoms with van der Waals surface area (Å²) in [6, 6.07) is 1.87. The number of thiophene rings is 1. The molecule has 0 aromatic carbocycles. The molecule has 0 aliphatic rings. The molecule has 0 aliphatic carbocycles. The van der Waals surface area contributed by atoms with E-state index in [1.54, 1.807) is 29.3 Å². The predicted molar refractivity (Wildman–Crippen MR) is 71.9 cm³/mol. The number of nitrogens with zero attached hydrogens (tertiary/aromatic N) is 2. The smallest absolute Gasteiger partial charge is 0.268 e. The van der Waals surface area contributed by atoms with E-state index in [9.17, 15) is 4.79 Å². The maximum absolute atomic E-state index is 11.7. The molecule has 0 atom stereocenters. The Morgan fingerprint density at radius 1 is 1.35 bits per heavy atom. The summed E-state index contributed by atoms with van der Waals surface area (Å²) in [5, 5.41) is 3.81. The monoisotopic (exact) mass is 281 g/mol. The van der Waals surface area contributed by atoms with E-state index >= 15 is 0 Å². The van der Waals surface area contributed by atoms with Gasteiger partial charge in [-0.1, -0.05) is 11.8 Å². The molecule has 0 radical (unpaired) electrons. The molecule has 4 nitrogen and oxygen atoms in total. The lowest BCUT2D eigenvalue weighted by atomic mass is 10.4. The quantitative estimate of drug-likeness (QED) is 0.750. The van der Waals surface area contributed by atoms with E-state index in [2.05, 4.69) is 15.0 Å². The van der Waals surface area contributed by atoms with Crippen LogP contribution in [0.2, 0.25) is 0 Å². The Hall–Kier alpha value is -1.18. The van der Waals surface area contributed by atoms with Crippen molar-refractivity contribution in [3.05, 3.63) is 39.2 Å². The maximum Gasteiger partial charge on any atom is 0.268 e. The molecule has 3 heterocycles. The molecule has 3 aromatic rings. The van der Waals surface area contributed by atoms with Crippen LogP contribution in [0.4, 0.5) is 0 Å². The zero-order chi connectivity index (χ0) is 11.7. The van der Waals surface area contributed by atoms with Gasteiger partial charge in [-0.3, -0.25) is 4.79 Å². The van der Waals surface area contributed by atoms with Gasteiger partial charge < -0.3 is 4.98 Å². The van der Waals surface area contributed by atoms with Crippen molar-refractivity contribution in [3.8, 4) is 0 Å². The summed E-state index contributed by atoms with van der Waals surface area (Å²) in [5.74, 6) is 1.33. The number of nitrogens with one attached hydrogen (secondary N) is 1. The van der Waals surface area contributed by atoms with Crippen LogP contribution in [0, 0.1) is 0 Å². The summed E-state index contributed by atoms with van der Waals surface area (Å²) >= 11 is 4.58. The Morgan fingerprint density at radius 2 is 2.29 bits per heavy atom. The van der Waals surface area contributed by atoms with Crippen molar-refractivity contribution in [2.45, 2.75) is 10.1 Å². The summed E-state index contributed by atoms with van der Waals surface area (Å²) < 4.78 is 1.67. The SMILES string of the molecule is O=c1[nH]c(CSc2nccs2)nc2ccsc12. The van der Waals surface area contributed by atoms with Crippen LogP contribution in [-0.2, 0) is 5.75 Å². The number of aromatic amines is 1. The number of aromatic nitrogens is 3. The van der Waals surface area contributed by atoms with Gasteiger partial charge in [0.15, 0.2) is 0 Å². The molecule has 0 saturated carbocycles. The molecule has 0 aliphatic heterocycles. The molecule has 0 saturated heterocycles. The molecule has 3 rings (SSSR count). The second-order valence-corrected chi connectivity index (χ2v) is 6.27. The van der Waals surface area contributed by atoms with Crippen LogP contribution >= 0.6 is 34.4 Å². The van der Waals surface area contributed by atoms with Crippen LogP contribution in [0.5, 0.6) is 0 Å². The molecule has 0 amide bonds. The Morgan fingerprint density at radius 3 is 3.12 bits per heavy atom. The zero-order valence-electron chi connectivity index (χ0n) is 8.54. The van der Waals surface area contributed by atoms with E-state index in [0.717, 1.165) is 9.86 Å². The first-order valence-corrected chi connectivity index (χ1v) is 7.56. The van der Waals surface area contributed by atoms with Gasteiger partial charge in [-0.05, 0) is 11.4 Å². The molecule has 17 heavy (non-hydrogen) atoms. The van der Waals surface area contributed by atoms with Gasteiger partial charge in [0, 0.05) is 11.6 Å². The van der Waals surface area contributed by atoms with Crippen molar-refractivity contribution in [2.75, 3.05) is 0 Å². The Bertz CT molecular complexity index is 686. The lowest BCUT2D eigenvalue weighted by Crippen LogP contribution is -2.09. The molecule has 0 bridgehead atoms. The van der Waals surface area contributed by atoms with E-state index in [-0.39, 0.29) is 5.56 Å². The largest absolute Gasteiger partial charge is 0.309 e. The van der Waals surface area contributed by atoms with E-state index in [1.807, 2.05) is 16.8 Å². The zero-order valence-corrected chi connectivity index (χ0v) is 11.0. The summed E-state index contributed by atoms with van der Waals surface area (Å²) in [4.78, 5) is 23.1. The molecule has 0 fully saturated rings. The lowest BCUT2D eigenvalue weighted by molar-refractivity contribution is 1.04. The minimum Gasteiger partial charge on any atom is -0.309 e. The van der Waals surface area contributed by atoms with Crippen LogP contribution in [0.1, 0.15) is 5.82 Å². The fourth-order valence-electron chi connectivity index (χ4n) is 1.40. The average Bonchev–Trinajstić information content (AvgIpc) is 2.97. The van der Waals surface area contributed by atoms with E-state index < -0.39 is 0 Å². The van der Waals surface area contributed by atoms with E-state index in [0.29, 0.717) is 16.3 Å².